The van der Waals surface area contributed by atoms with E-state index in [-0.39, 0.29) is 16.6 Å². The third kappa shape index (κ3) is 2.66. The molecule has 9 nitrogen and oxygen atoms in total. The van der Waals surface area contributed by atoms with Gasteiger partial charge >= 0.3 is 11.7 Å². The summed E-state index contributed by atoms with van der Waals surface area (Å²) in [5.41, 5.74) is -1.06. The van der Waals surface area contributed by atoms with E-state index >= 15 is 0 Å². The van der Waals surface area contributed by atoms with Crippen molar-refractivity contribution in [1.82, 2.24) is 19.4 Å². The van der Waals surface area contributed by atoms with Gasteiger partial charge in [0.15, 0.2) is 0 Å². The van der Waals surface area contributed by atoms with Crippen LogP contribution in [0.15, 0.2) is 21.9 Å². The number of aromatic nitrogens is 3. The first-order valence-electron chi connectivity index (χ1n) is 5.87. The van der Waals surface area contributed by atoms with E-state index in [2.05, 4.69) is 9.97 Å². The van der Waals surface area contributed by atoms with Crippen molar-refractivity contribution >= 4 is 22.9 Å². The molecule has 2 rings (SSSR count). The molecule has 2 N–H and O–H groups in total. The first-order valence-corrected chi connectivity index (χ1v) is 5.87. The van der Waals surface area contributed by atoms with Crippen molar-refractivity contribution in [2.45, 2.75) is 0 Å². The van der Waals surface area contributed by atoms with Crippen molar-refractivity contribution in [3.05, 3.63) is 38.7 Å². The topological polar surface area (TPSA) is 125 Å². The fourth-order valence-corrected chi connectivity index (χ4v) is 1.85. The molecule has 0 aromatic carbocycles. The van der Waals surface area contributed by atoms with Crippen LogP contribution in [0.2, 0.25) is 0 Å². The summed E-state index contributed by atoms with van der Waals surface area (Å²) < 4.78 is 1.14. The number of likely N-dealkylation sites (N-methyl/N-ethyl adjacent to an activating group) is 1. The molecule has 0 saturated heterocycles. The van der Waals surface area contributed by atoms with E-state index in [1.807, 2.05) is 0 Å². The Morgan fingerprint density at radius 3 is 2.71 bits per heavy atom. The molecular formula is C12H12N4O5. The lowest BCUT2D eigenvalue weighted by Gasteiger charge is -2.14. The molecule has 0 fully saturated rings. The SMILES string of the molecule is CN(CC(=O)O)C(=O)c1cnc2c(c1)c(=O)[nH]c(=O)n2C. The number of fused-ring (bicyclic) bond motifs is 1. The van der Waals surface area contributed by atoms with E-state index < -0.39 is 29.7 Å². The number of carbonyl (C=O) groups is 2. The van der Waals surface area contributed by atoms with E-state index in [1.165, 1.54) is 26.4 Å². The Kier molecular flexibility index (Phi) is 3.57. The van der Waals surface area contributed by atoms with E-state index in [9.17, 15) is 19.2 Å². The van der Waals surface area contributed by atoms with Gasteiger partial charge in [0.2, 0.25) is 0 Å². The number of carbonyl (C=O) groups excluding carboxylic acids is 1. The number of hydrogen-bond acceptors (Lipinski definition) is 5. The summed E-state index contributed by atoms with van der Waals surface area (Å²) in [7, 11) is 2.76. The molecule has 0 aliphatic heterocycles. The normalized spacial score (nSPS) is 10.6. The van der Waals surface area contributed by atoms with Crippen LogP contribution < -0.4 is 11.2 Å². The number of carboxylic acid groups (broad SMARTS) is 1. The summed E-state index contributed by atoms with van der Waals surface area (Å²) in [6, 6.07) is 1.28. The lowest BCUT2D eigenvalue weighted by molar-refractivity contribution is -0.137. The fourth-order valence-electron chi connectivity index (χ4n) is 1.85. The number of amides is 1. The molecule has 2 aromatic rings. The van der Waals surface area contributed by atoms with E-state index in [0.29, 0.717) is 0 Å². The number of nitrogens with zero attached hydrogens (tertiary/aromatic N) is 3. The van der Waals surface area contributed by atoms with E-state index in [4.69, 9.17) is 5.11 Å². The molecule has 0 bridgehead atoms. The van der Waals surface area contributed by atoms with Gasteiger partial charge < -0.3 is 10.0 Å². The van der Waals surface area contributed by atoms with Crippen LogP contribution in [0.5, 0.6) is 0 Å². The summed E-state index contributed by atoms with van der Waals surface area (Å²) in [6.07, 6.45) is 1.20. The maximum absolute atomic E-state index is 12.0. The summed E-state index contributed by atoms with van der Waals surface area (Å²) in [5.74, 6) is -1.74. The van der Waals surface area contributed by atoms with Crippen LogP contribution in [0.4, 0.5) is 0 Å². The van der Waals surface area contributed by atoms with Gasteiger partial charge in [0.05, 0.1) is 10.9 Å². The van der Waals surface area contributed by atoms with Gasteiger partial charge in [-0.2, -0.15) is 0 Å². The lowest BCUT2D eigenvalue weighted by Crippen LogP contribution is -2.33. The highest BCUT2D eigenvalue weighted by Gasteiger charge is 2.16. The molecule has 1 amide bonds. The predicted octanol–water partition coefficient (Wildman–Crippen LogP) is -1.22. The van der Waals surface area contributed by atoms with Crippen LogP contribution >= 0.6 is 0 Å². The van der Waals surface area contributed by atoms with Crippen molar-refractivity contribution in [2.75, 3.05) is 13.6 Å². The Bertz CT molecular complexity index is 851. The Morgan fingerprint density at radius 2 is 2.10 bits per heavy atom. The molecule has 0 aliphatic rings. The van der Waals surface area contributed by atoms with Crippen LogP contribution in [0.25, 0.3) is 11.0 Å². The average molecular weight is 292 g/mol. The first kappa shape index (κ1) is 14.4. The molecule has 0 radical (unpaired) electrons. The highest BCUT2D eigenvalue weighted by molar-refractivity contribution is 5.97. The second kappa shape index (κ2) is 5.19. The van der Waals surface area contributed by atoms with Crippen molar-refractivity contribution < 1.29 is 14.7 Å². The van der Waals surface area contributed by atoms with Gasteiger partial charge in [0.25, 0.3) is 11.5 Å². The number of aromatic amines is 1. The zero-order valence-electron chi connectivity index (χ0n) is 11.3. The number of carboxylic acids is 1. The maximum atomic E-state index is 12.0. The number of pyridine rings is 1. The zero-order valence-corrected chi connectivity index (χ0v) is 11.3. The third-order valence-electron chi connectivity index (χ3n) is 2.92. The van der Waals surface area contributed by atoms with Gasteiger partial charge in [0, 0.05) is 20.3 Å². The molecule has 110 valence electrons. The molecule has 2 aromatic heterocycles. The minimum Gasteiger partial charge on any atom is -0.480 e. The minimum atomic E-state index is -1.15. The maximum Gasteiger partial charge on any atom is 0.329 e. The van der Waals surface area contributed by atoms with Crippen LogP contribution in [0, 0.1) is 0 Å². The third-order valence-corrected chi connectivity index (χ3v) is 2.92. The Morgan fingerprint density at radius 1 is 1.43 bits per heavy atom. The molecule has 0 spiro atoms. The average Bonchev–Trinajstić information content (AvgIpc) is 2.42. The quantitative estimate of drug-likeness (QED) is 0.730. The van der Waals surface area contributed by atoms with Crippen molar-refractivity contribution in [3.8, 4) is 0 Å². The van der Waals surface area contributed by atoms with Crippen LogP contribution in [0.1, 0.15) is 10.4 Å². The fraction of sp³-hybridized carbons (Fsp3) is 0.250. The smallest absolute Gasteiger partial charge is 0.329 e. The van der Waals surface area contributed by atoms with Crippen molar-refractivity contribution in [3.63, 3.8) is 0 Å². The number of nitrogens with one attached hydrogen (secondary N) is 1. The van der Waals surface area contributed by atoms with Gasteiger partial charge in [-0.05, 0) is 6.07 Å². The van der Waals surface area contributed by atoms with E-state index in [1.54, 1.807) is 0 Å². The number of rotatable bonds is 3. The van der Waals surface area contributed by atoms with E-state index in [0.717, 1.165) is 9.47 Å². The Hall–Kier alpha value is -2.97. The van der Waals surface area contributed by atoms with Crippen molar-refractivity contribution in [2.24, 2.45) is 7.05 Å². The standard InChI is InChI=1S/C12H12N4O5/c1-15(5-8(17)18)11(20)6-3-7-9(13-4-6)16(2)12(21)14-10(7)19/h3-4H,5H2,1-2H3,(H,17,18)(H,14,19,21). The van der Waals surface area contributed by atoms with Crippen LogP contribution in [-0.2, 0) is 11.8 Å². The highest BCUT2D eigenvalue weighted by atomic mass is 16.4. The molecular weight excluding hydrogens is 280 g/mol. The predicted molar refractivity (Wildman–Crippen MR) is 72.2 cm³/mol. The van der Waals surface area contributed by atoms with Gasteiger partial charge in [-0.1, -0.05) is 0 Å². The first-order chi connectivity index (χ1) is 9.81. The zero-order chi connectivity index (χ0) is 15.7. The van der Waals surface area contributed by atoms with Gasteiger partial charge in [-0.15, -0.1) is 0 Å². The minimum absolute atomic E-state index is 0.0652. The Labute approximate surface area is 117 Å². The van der Waals surface area contributed by atoms with Gasteiger partial charge in [0.1, 0.15) is 12.2 Å². The second-order valence-corrected chi connectivity index (χ2v) is 4.47. The molecule has 2 heterocycles. The number of aliphatic carboxylic acids is 1. The summed E-state index contributed by atoms with van der Waals surface area (Å²) in [4.78, 5) is 52.8. The second-order valence-electron chi connectivity index (χ2n) is 4.47. The molecule has 0 unspecified atom stereocenters. The number of hydrogen-bond donors (Lipinski definition) is 2. The highest BCUT2D eigenvalue weighted by Crippen LogP contribution is 2.09. The molecule has 0 aliphatic carbocycles. The molecule has 0 atom stereocenters. The largest absolute Gasteiger partial charge is 0.480 e. The molecule has 21 heavy (non-hydrogen) atoms. The number of H-pyrrole nitrogens is 1. The van der Waals surface area contributed by atoms with Crippen molar-refractivity contribution in [1.29, 1.82) is 0 Å². The summed E-state index contributed by atoms with van der Waals surface area (Å²) in [6.45, 7) is -0.472. The van der Waals surface area contributed by atoms with Crippen LogP contribution in [0.3, 0.4) is 0 Å². The lowest BCUT2D eigenvalue weighted by atomic mass is 10.2. The Balaban J connectivity index is 2.54. The van der Waals surface area contributed by atoms with Gasteiger partial charge in [-0.3, -0.25) is 23.9 Å². The van der Waals surface area contributed by atoms with Crippen LogP contribution in [-0.4, -0.2) is 50.0 Å². The van der Waals surface area contributed by atoms with Gasteiger partial charge in [-0.25, -0.2) is 9.78 Å². The monoisotopic (exact) mass is 292 g/mol. The molecule has 9 heteroatoms. The molecule has 0 saturated carbocycles. The summed E-state index contributed by atoms with van der Waals surface area (Å²) in [5, 5.41) is 8.74. The number of aryl methyl sites for hydroxylation is 1. The summed E-state index contributed by atoms with van der Waals surface area (Å²) >= 11 is 0.